The first-order valence-electron chi connectivity index (χ1n) is 6.49. The molecule has 5 heteroatoms. The van der Waals surface area contributed by atoms with Gasteiger partial charge in [0.15, 0.2) is 5.65 Å². The molecule has 0 radical (unpaired) electrons. The summed E-state index contributed by atoms with van der Waals surface area (Å²) in [7, 11) is 0. The van der Waals surface area contributed by atoms with E-state index in [0.29, 0.717) is 17.6 Å². The topological polar surface area (TPSA) is 42.2 Å². The number of pyridine rings is 1. The van der Waals surface area contributed by atoms with Gasteiger partial charge in [0.25, 0.3) is 0 Å². The summed E-state index contributed by atoms with van der Waals surface area (Å²) in [5.74, 6) is 1.05. The van der Waals surface area contributed by atoms with E-state index in [0.717, 1.165) is 18.8 Å². The highest BCUT2D eigenvalue weighted by molar-refractivity contribution is 5.43. The van der Waals surface area contributed by atoms with Crippen molar-refractivity contribution >= 4 is 11.6 Å². The maximum absolute atomic E-state index is 13.0. The third kappa shape index (κ3) is 2.30. The van der Waals surface area contributed by atoms with Gasteiger partial charge in [-0.3, -0.25) is 0 Å². The lowest BCUT2D eigenvalue weighted by Crippen LogP contribution is -2.26. The summed E-state index contributed by atoms with van der Waals surface area (Å²) in [6.45, 7) is 2.28. The molecule has 0 amide bonds. The van der Waals surface area contributed by atoms with E-state index in [1.165, 1.54) is 29.6 Å². The zero-order chi connectivity index (χ0) is 12.5. The van der Waals surface area contributed by atoms with Gasteiger partial charge in [-0.1, -0.05) is 19.8 Å². The molecule has 2 aromatic rings. The first kappa shape index (κ1) is 11.4. The Morgan fingerprint density at radius 3 is 3.11 bits per heavy atom. The number of nitrogens with zero attached hydrogens (tertiary/aromatic N) is 3. The van der Waals surface area contributed by atoms with Gasteiger partial charge in [0.1, 0.15) is 5.82 Å². The molecule has 1 fully saturated rings. The number of hydrogen-bond acceptors (Lipinski definition) is 3. The van der Waals surface area contributed by atoms with Gasteiger partial charge in [-0.25, -0.2) is 8.91 Å². The van der Waals surface area contributed by atoms with Crippen molar-refractivity contribution in [3.05, 3.63) is 24.1 Å². The molecule has 4 nitrogen and oxygen atoms in total. The minimum Gasteiger partial charge on any atom is -0.350 e. The molecule has 0 bridgehead atoms. The van der Waals surface area contributed by atoms with Crippen LogP contribution in [0.4, 0.5) is 10.3 Å². The standard InChI is InChI=1S/C13H17FN4/c1-9-3-2-4-11(7-9)15-13-16-12-6-5-10(14)8-18(12)17-13/h5-6,8-9,11H,2-4,7H2,1H3,(H,15,17). The molecule has 0 aliphatic heterocycles. The van der Waals surface area contributed by atoms with Crippen LogP contribution in [-0.2, 0) is 0 Å². The quantitative estimate of drug-likeness (QED) is 0.888. The minimum atomic E-state index is -0.301. The smallest absolute Gasteiger partial charge is 0.243 e. The summed E-state index contributed by atoms with van der Waals surface area (Å²) in [6, 6.07) is 3.48. The van der Waals surface area contributed by atoms with E-state index >= 15 is 0 Å². The highest BCUT2D eigenvalue weighted by Gasteiger charge is 2.19. The van der Waals surface area contributed by atoms with E-state index in [1.807, 2.05) is 0 Å². The molecule has 1 saturated carbocycles. The van der Waals surface area contributed by atoms with Crippen molar-refractivity contribution in [2.24, 2.45) is 5.92 Å². The maximum atomic E-state index is 13.0. The molecule has 2 aromatic heterocycles. The molecular formula is C13H17FN4. The van der Waals surface area contributed by atoms with Crippen molar-refractivity contribution in [3.8, 4) is 0 Å². The van der Waals surface area contributed by atoms with E-state index in [1.54, 1.807) is 6.07 Å². The van der Waals surface area contributed by atoms with Gasteiger partial charge in [0, 0.05) is 6.04 Å². The Labute approximate surface area is 105 Å². The van der Waals surface area contributed by atoms with E-state index in [9.17, 15) is 4.39 Å². The lowest BCUT2D eigenvalue weighted by molar-refractivity contribution is 0.357. The Hall–Kier alpha value is -1.65. The van der Waals surface area contributed by atoms with Crippen LogP contribution in [0.3, 0.4) is 0 Å². The highest BCUT2D eigenvalue weighted by Crippen LogP contribution is 2.25. The molecule has 1 aliphatic rings. The zero-order valence-electron chi connectivity index (χ0n) is 10.4. The molecule has 0 saturated heterocycles. The molecule has 0 aromatic carbocycles. The summed E-state index contributed by atoms with van der Waals surface area (Å²) >= 11 is 0. The number of halogens is 1. The molecule has 0 spiro atoms. The van der Waals surface area contributed by atoms with Crippen LogP contribution in [0, 0.1) is 11.7 Å². The third-order valence-electron chi connectivity index (χ3n) is 3.56. The predicted octanol–water partition coefficient (Wildman–Crippen LogP) is 2.86. The van der Waals surface area contributed by atoms with Crippen LogP contribution >= 0.6 is 0 Å². The summed E-state index contributed by atoms with van der Waals surface area (Å²) in [6.07, 6.45) is 6.22. The van der Waals surface area contributed by atoms with Crippen molar-refractivity contribution in [2.45, 2.75) is 38.6 Å². The first-order valence-corrected chi connectivity index (χ1v) is 6.49. The second kappa shape index (κ2) is 4.55. The Balaban J connectivity index is 1.78. The molecule has 96 valence electrons. The van der Waals surface area contributed by atoms with Crippen molar-refractivity contribution in [3.63, 3.8) is 0 Å². The number of fused-ring (bicyclic) bond motifs is 1. The van der Waals surface area contributed by atoms with E-state index in [-0.39, 0.29) is 5.82 Å². The third-order valence-corrected chi connectivity index (χ3v) is 3.56. The Morgan fingerprint density at radius 1 is 1.39 bits per heavy atom. The Morgan fingerprint density at radius 2 is 2.28 bits per heavy atom. The van der Waals surface area contributed by atoms with E-state index in [4.69, 9.17) is 0 Å². The van der Waals surface area contributed by atoms with Gasteiger partial charge in [-0.15, -0.1) is 5.10 Å². The Kier molecular flexibility index (Phi) is 2.89. The number of rotatable bonds is 2. The van der Waals surface area contributed by atoms with E-state index in [2.05, 4.69) is 22.3 Å². The summed E-state index contributed by atoms with van der Waals surface area (Å²) in [5, 5.41) is 7.60. The van der Waals surface area contributed by atoms with Gasteiger partial charge >= 0.3 is 0 Å². The fourth-order valence-electron chi connectivity index (χ4n) is 2.67. The number of nitrogens with one attached hydrogen (secondary N) is 1. The summed E-state index contributed by atoms with van der Waals surface area (Å²) in [4.78, 5) is 4.35. The van der Waals surface area contributed by atoms with Crippen LogP contribution < -0.4 is 5.32 Å². The summed E-state index contributed by atoms with van der Waals surface area (Å²) < 4.78 is 14.5. The molecule has 3 rings (SSSR count). The van der Waals surface area contributed by atoms with Gasteiger partial charge < -0.3 is 5.32 Å². The van der Waals surface area contributed by atoms with Gasteiger partial charge in [-0.05, 0) is 30.9 Å². The van der Waals surface area contributed by atoms with Crippen molar-refractivity contribution in [1.29, 1.82) is 0 Å². The second-order valence-electron chi connectivity index (χ2n) is 5.20. The first-order chi connectivity index (χ1) is 8.70. The van der Waals surface area contributed by atoms with Gasteiger partial charge in [0.2, 0.25) is 5.95 Å². The lowest BCUT2D eigenvalue weighted by Gasteiger charge is -2.26. The average Bonchev–Trinajstić information content (AvgIpc) is 2.70. The molecular weight excluding hydrogens is 231 g/mol. The fraction of sp³-hybridized carbons (Fsp3) is 0.538. The molecule has 1 N–H and O–H groups in total. The SMILES string of the molecule is CC1CCCC(Nc2nc3ccc(F)cn3n2)C1. The number of aromatic nitrogens is 3. The second-order valence-corrected chi connectivity index (χ2v) is 5.20. The van der Waals surface area contributed by atoms with Crippen LogP contribution in [0.5, 0.6) is 0 Å². The maximum Gasteiger partial charge on any atom is 0.243 e. The average molecular weight is 248 g/mol. The molecule has 1 aliphatic carbocycles. The van der Waals surface area contributed by atoms with E-state index < -0.39 is 0 Å². The molecule has 2 heterocycles. The fourth-order valence-corrected chi connectivity index (χ4v) is 2.67. The molecule has 2 unspecified atom stereocenters. The number of anilines is 1. The van der Waals surface area contributed by atoms with Crippen molar-refractivity contribution in [1.82, 2.24) is 14.6 Å². The van der Waals surface area contributed by atoms with Crippen LogP contribution in [0.2, 0.25) is 0 Å². The van der Waals surface area contributed by atoms with Gasteiger partial charge in [0.05, 0.1) is 6.20 Å². The number of hydrogen-bond donors (Lipinski definition) is 1. The zero-order valence-corrected chi connectivity index (χ0v) is 10.4. The minimum absolute atomic E-state index is 0.301. The molecule has 18 heavy (non-hydrogen) atoms. The Bertz CT molecular complexity index is 551. The molecule has 2 atom stereocenters. The van der Waals surface area contributed by atoms with Gasteiger partial charge in [-0.2, -0.15) is 4.98 Å². The predicted molar refractivity (Wildman–Crippen MR) is 68.0 cm³/mol. The monoisotopic (exact) mass is 248 g/mol. The van der Waals surface area contributed by atoms with Crippen LogP contribution in [0.15, 0.2) is 18.3 Å². The van der Waals surface area contributed by atoms with Crippen LogP contribution in [0.1, 0.15) is 32.6 Å². The lowest BCUT2D eigenvalue weighted by atomic mass is 9.87. The van der Waals surface area contributed by atoms with Crippen LogP contribution in [-0.4, -0.2) is 20.6 Å². The van der Waals surface area contributed by atoms with Crippen molar-refractivity contribution < 1.29 is 4.39 Å². The van der Waals surface area contributed by atoms with Crippen LogP contribution in [0.25, 0.3) is 5.65 Å². The largest absolute Gasteiger partial charge is 0.350 e. The highest BCUT2D eigenvalue weighted by atomic mass is 19.1. The van der Waals surface area contributed by atoms with Crippen molar-refractivity contribution in [2.75, 3.05) is 5.32 Å². The normalized spacial score (nSPS) is 24.3. The summed E-state index contributed by atoms with van der Waals surface area (Å²) in [5.41, 5.74) is 0.669.